The van der Waals surface area contributed by atoms with Crippen LogP contribution in [0.3, 0.4) is 0 Å². The molecule has 0 bridgehead atoms. The van der Waals surface area contributed by atoms with Crippen LogP contribution in [0.5, 0.6) is 0 Å². The van der Waals surface area contributed by atoms with E-state index in [0.717, 1.165) is 32.9 Å². The molecule has 1 amide bonds. The molecule has 0 saturated carbocycles. The highest BCUT2D eigenvalue weighted by molar-refractivity contribution is 7.80. The number of thiazole rings is 1. The summed E-state index contributed by atoms with van der Waals surface area (Å²) in [6.45, 7) is 2.08. The van der Waals surface area contributed by atoms with Crippen molar-refractivity contribution in [3.8, 4) is 10.6 Å². The number of nitrogens with zero attached hydrogens (tertiary/aromatic N) is 1. The van der Waals surface area contributed by atoms with Crippen molar-refractivity contribution in [1.29, 1.82) is 0 Å². The Morgan fingerprint density at radius 3 is 2.59 bits per heavy atom. The number of carbonyl (C=O) groups excluding carboxylic acids is 1. The molecule has 1 aromatic heterocycles. The third-order valence-corrected chi connectivity index (χ3v) is 5.80. The second-order valence-electron chi connectivity index (χ2n) is 6.53. The van der Waals surface area contributed by atoms with Crippen LogP contribution in [0.15, 0.2) is 72.8 Å². The molecule has 29 heavy (non-hydrogen) atoms. The summed E-state index contributed by atoms with van der Waals surface area (Å²) in [4.78, 5) is 17.1. The van der Waals surface area contributed by atoms with Crippen molar-refractivity contribution >= 4 is 50.5 Å². The van der Waals surface area contributed by atoms with Gasteiger partial charge in [-0.25, -0.2) is 4.98 Å². The maximum absolute atomic E-state index is 12.4. The van der Waals surface area contributed by atoms with Crippen molar-refractivity contribution in [3.05, 3.63) is 83.9 Å². The quantitative estimate of drug-likeness (QED) is 0.421. The van der Waals surface area contributed by atoms with Gasteiger partial charge in [0.1, 0.15) is 5.01 Å². The number of thiocarbonyl (C=S) groups is 1. The number of hydrogen-bond donors (Lipinski definition) is 2. The summed E-state index contributed by atoms with van der Waals surface area (Å²) < 4.78 is 1.15. The fourth-order valence-corrected chi connectivity index (χ4v) is 4.13. The van der Waals surface area contributed by atoms with Crippen LogP contribution in [0, 0.1) is 0 Å². The first-order chi connectivity index (χ1) is 14.1. The molecule has 0 saturated heterocycles. The van der Waals surface area contributed by atoms with Crippen molar-refractivity contribution in [1.82, 2.24) is 10.3 Å². The van der Waals surface area contributed by atoms with Crippen molar-refractivity contribution in [2.45, 2.75) is 13.3 Å². The van der Waals surface area contributed by atoms with E-state index in [0.29, 0.717) is 5.56 Å². The zero-order valence-electron chi connectivity index (χ0n) is 15.8. The van der Waals surface area contributed by atoms with Gasteiger partial charge >= 0.3 is 0 Å². The Balaban J connectivity index is 1.45. The number of fused-ring (bicyclic) bond motifs is 1. The van der Waals surface area contributed by atoms with Crippen LogP contribution >= 0.6 is 23.6 Å². The molecule has 0 radical (unpaired) electrons. The lowest BCUT2D eigenvalue weighted by molar-refractivity contribution is 0.0977. The Kier molecular flexibility index (Phi) is 5.64. The van der Waals surface area contributed by atoms with Gasteiger partial charge in [0.25, 0.3) is 5.91 Å². The molecule has 0 unspecified atom stereocenters. The first kappa shape index (κ1) is 19.2. The number of para-hydroxylation sites is 1. The average molecular weight is 418 g/mol. The van der Waals surface area contributed by atoms with E-state index in [1.54, 1.807) is 11.3 Å². The van der Waals surface area contributed by atoms with Gasteiger partial charge in [-0.1, -0.05) is 43.3 Å². The first-order valence-corrected chi connectivity index (χ1v) is 10.5. The van der Waals surface area contributed by atoms with Gasteiger partial charge in [0.2, 0.25) is 0 Å². The summed E-state index contributed by atoms with van der Waals surface area (Å²) >= 11 is 6.96. The van der Waals surface area contributed by atoms with Gasteiger partial charge in [0.05, 0.1) is 10.2 Å². The van der Waals surface area contributed by atoms with Gasteiger partial charge in [0, 0.05) is 16.8 Å². The van der Waals surface area contributed by atoms with Crippen LogP contribution in [-0.4, -0.2) is 16.0 Å². The fourth-order valence-electron chi connectivity index (χ4n) is 2.96. The number of anilines is 1. The Bertz CT molecular complexity index is 1150. The summed E-state index contributed by atoms with van der Waals surface area (Å²) in [6, 6.07) is 23.4. The molecule has 144 valence electrons. The fraction of sp³-hybridized carbons (Fsp3) is 0.0870. The van der Waals surface area contributed by atoms with Gasteiger partial charge in [-0.05, 0) is 60.6 Å². The number of benzene rings is 3. The van der Waals surface area contributed by atoms with Crippen LogP contribution in [-0.2, 0) is 6.42 Å². The summed E-state index contributed by atoms with van der Waals surface area (Å²) in [5.41, 5.74) is 4.56. The van der Waals surface area contributed by atoms with E-state index in [9.17, 15) is 4.79 Å². The number of nitrogens with one attached hydrogen (secondary N) is 2. The molecule has 0 atom stereocenters. The van der Waals surface area contributed by atoms with E-state index in [2.05, 4.69) is 23.6 Å². The summed E-state index contributed by atoms with van der Waals surface area (Å²) in [5.74, 6) is -0.229. The third kappa shape index (κ3) is 4.50. The van der Waals surface area contributed by atoms with E-state index in [-0.39, 0.29) is 11.0 Å². The monoisotopic (exact) mass is 417 g/mol. The smallest absolute Gasteiger partial charge is 0.257 e. The molecule has 0 fully saturated rings. The number of amides is 1. The van der Waals surface area contributed by atoms with E-state index >= 15 is 0 Å². The number of aryl methyl sites for hydroxylation is 1. The number of hydrogen-bond acceptors (Lipinski definition) is 4. The van der Waals surface area contributed by atoms with Gasteiger partial charge < -0.3 is 5.32 Å². The minimum absolute atomic E-state index is 0.229. The number of aromatic nitrogens is 1. The molecule has 1 heterocycles. The zero-order valence-corrected chi connectivity index (χ0v) is 17.4. The van der Waals surface area contributed by atoms with Crippen molar-refractivity contribution in [2.24, 2.45) is 0 Å². The highest BCUT2D eigenvalue weighted by atomic mass is 32.1. The molecular formula is C23H19N3OS2. The largest absolute Gasteiger partial charge is 0.332 e. The minimum Gasteiger partial charge on any atom is -0.332 e. The summed E-state index contributed by atoms with van der Waals surface area (Å²) in [7, 11) is 0. The predicted molar refractivity (Wildman–Crippen MR) is 125 cm³/mol. The number of carbonyl (C=O) groups is 1. The van der Waals surface area contributed by atoms with Crippen LogP contribution in [0.4, 0.5) is 5.69 Å². The van der Waals surface area contributed by atoms with E-state index in [4.69, 9.17) is 17.2 Å². The van der Waals surface area contributed by atoms with E-state index in [1.807, 2.05) is 66.7 Å². The number of rotatable bonds is 4. The van der Waals surface area contributed by atoms with E-state index < -0.39 is 0 Å². The Morgan fingerprint density at radius 1 is 1.03 bits per heavy atom. The Labute approximate surface area is 178 Å². The highest BCUT2D eigenvalue weighted by Crippen LogP contribution is 2.31. The summed E-state index contributed by atoms with van der Waals surface area (Å²) in [5, 5.41) is 7.02. The topological polar surface area (TPSA) is 54.0 Å². The normalized spacial score (nSPS) is 10.7. The molecule has 0 aliphatic carbocycles. The van der Waals surface area contributed by atoms with Crippen molar-refractivity contribution < 1.29 is 4.79 Å². The standard InChI is InChI=1S/C23H19N3OS2/c1-2-15-10-12-16(13-11-15)21(27)26-23(28)24-18-7-5-6-17(14-18)22-25-19-8-3-4-9-20(19)29-22/h3-14H,2H2,1H3,(H2,24,26,27,28). The molecular weight excluding hydrogens is 398 g/mol. The Hall–Kier alpha value is -3.09. The van der Waals surface area contributed by atoms with Crippen LogP contribution in [0.25, 0.3) is 20.8 Å². The molecule has 6 heteroatoms. The predicted octanol–water partition coefficient (Wildman–Crippen LogP) is 5.65. The molecule has 4 nitrogen and oxygen atoms in total. The SMILES string of the molecule is CCc1ccc(C(=O)NC(=S)Nc2cccc(-c3nc4ccccc4s3)c2)cc1. The third-order valence-electron chi connectivity index (χ3n) is 4.51. The first-order valence-electron chi connectivity index (χ1n) is 9.29. The summed E-state index contributed by atoms with van der Waals surface area (Å²) in [6.07, 6.45) is 0.937. The Morgan fingerprint density at radius 2 is 1.83 bits per heavy atom. The van der Waals surface area contributed by atoms with Crippen molar-refractivity contribution in [3.63, 3.8) is 0 Å². The zero-order chi connectivity index (χ0) is 20.2. The van der Waals surface area contributed by atoms with E-state index in [1.165, 1.54) is 5.56 Å². The lowest BCUT2D eigenvalue weighted by atomic mass is 10.1. The average Bonchev–Trinajstić information content (AvgIpc) is 3.18. The van der Waals surface area contributed by atoms with Crippen molar-refractivity contribution in [2.75, 3.05) is 5.32 Å². The minimum atomic E-state index is -0.229. The van der Waals surface area contributed by atoms with Crippen LogP contribution in [0.1, 0.15) is 22.8 Å². The lowest BCUT2D eigenvalue weighted by Crippen LogP contribution is -2.34. The molecule has 4 rings (SSSR count). The molecule has 3 aromatic carbocycles. The highest BCUT2D eigenvalue weighted by Gasteiger charge is 2.10. The maximum Gasteiger partial charge on any atom is 0.257 e. The molecule has 4 aromatic rings. The molecule has 0 spiro atoms. The van der Waals surface area contributed by atoms with Crippen LogP contribution in [0.2, 0.25) is 0 Å². The second-order valence-corrected chi connectivity index (χ2v) is 7.97. The molecule has 0 aliphatic rings. The van der Waals surface area contributed by atoms with Crippen LogP contribution < -0.4 is 10.6 Å². The maximum atomic E-state index is 12.4. The van der Waals surface area contributed by atoms with Gasteiger partial charge in [-0.3, -0.25) is 10.1 Å². The molecule has 2 N–H and O–H groups in total. The van der Waals surface area contributed by atoms with Gasteiger partial charge in [-0.15, -0.1) is 11.3 Å². The lowest BCUT2D eigenvalue weighted by Gasteiger charge is -2.10. The molecule has 0 aliphatic heterocycles. The van der Waals surface area contributed by atoms with Gasteiger partial charge in [-0.2, -0.15) is 0 Å². The second kappa shape index (κ2) is 8.51. The van der Waals surface area contributed by atoms with Gasteiger partial charge in [0.15, 0.2) is 5.11 Å².